The van der Waals surface area contributed by atoms with Crippen LogP contribution in [0.5, 0.6) is 0 Å². The Morgan fingerprint density at radius 2 is 0.391 bits per heavy atom. The van der Waals surface area contributed by atoms with E-state index in [1.54, 1.807) is 0 Å². The summed E-state index contributed by atoms with van der Waals surface area (Å²) in [6, 6.07) is 132. The van der Waals surface area contributed by atoms with Crippen molar-refractivity contribution in [1.82, 2.24) is 9.80 Å². The SMILES string of the molecule is CC(C)N1[C-]=[N+](C(C)C)CCC1.CC(C)N1[C-]=[N+](C(C)C)CCC1.CCCCCC.[Cl-].[Cl-].[Rh].[Rh].c1ccc(P(c2ccccc2)c2ccccc2)cc1.c1ccc(P(c2ccccc2)c2ccccc2)cc1.c1ccc(P(c2ccccc2)c2ccccc2)cc1.c1ccc(P(c2ccccc2)c2ccccc2)cc1. The first kappa shape index (κ1) is 95.5. The molecule has 0 aliphatic carbocycles. The molecule has 0 saturated carbocycles. The molecule has 2 aliphatic rings. The van der Waals surface area contributed by atoms with E-state index in [0.717, 1.165) is 0 Å². The van der Waals surface area contributed by atoms with E-state index in [2.05, 4.69) is 465 Å². The number of benzene rings is 12. The third kappa shape index (κ3) is 32.7. The van der Waals surface area contributed by atoms with Gasteiger partial charge >= 0.3 is 0 Å². The summed E-state index contributed by atoms with van der Waals surface area (Å²) in [5.41, 5.74) is 0. The van der Waals surface area contributed by atoms with Crippen molar-refractivity contribution >= 4 is 108 Å². The van der Waals surface area contributed by atoms with Gasteiger partial charge in [0.1, 0.15) is 0 Å². The molecule has 0 aromatic heterocycles. The van der Waals surface area contributed by atoms with Crippen LogP contribution in [0.3, 0.4) is 0 Å². The van der Waals surface area contributed by atoms with Gasteiger partial charge in [0.05, 0.1) is 50.3 Å². The van der Waals surface area contributed by atoms with Crippen molar-refractivity contribution in [3.05, 3.63) is 364 Å². The fourth-order valence-corrected chi connectivity index (χ4v) is 21.3. The molecule has 12 heteroatoms. The maximum absolute atomic E-state index is 3.42. The molecule has 2 aliphatic heterocycles. The molecule has 2 radical (unpaired) electrons. The van der Waals surface area contributed by atoms with Crippen LogP contribution in [0.25, 0.3) is 0 Å². The number of halogens is 2. The van der Waals surface area contributed by atoms with Gasteiger partial charge in [0.2, 0.25) is 0 Å². The molecule has 14 rings (SSSR count). The first-order chi connectivity index (χ1) is 51.9. The van der Waals surface area contributed by atoms with Gasteiger partial charge in [0.15, 0.2) is 0 Å². The maximum Gasteiger partial charge on any atom is 0.0576 e. The molecular weight excluding hydrogens is 1630 g/mol. The summed E-state index contributed by atoms with van der Waals surface area (Å²) in [6.45, 7) is 26.9. The molecule has 2 heterocycles. The molecule has 0 saturated heterocycles. The summed E-state index contributed by atoms with van der Waals surface area (Å²) < 4.78 is 4.59. The fourth-order valence-electron chi connectivity index (χ4n) is 12.1. The van der Waals surface area contributed by atoms with E-state index in [-0.39, 0.29) is 63.8 Å². The Bertz CT molecular complexity index is 3390. The van der Waals surface area contributed by atoms with Crippen molar-refractivity contribution in [3.8, 4) is 0 Å². The van der Waals surface area contributed by atoms with E-state index >= 15 is 0 Å². The molecule has 0 atom stereocenters. The van der Waals surface area contributed by atoms with Gasteiger partial charge in [-0.2, -0.15) is 0 Å². The molecule has 0 amide bonds. The minimum absolute atomic E-state index is 0. The van der Waals surface area contributed by atoms with E-state index in [0.29, 0.717) is 24.2 Å². The molecule has 12 aromatic rings. The van der Waals surface area contributed by atoms with E-state index < -0.39 is 31.7 Å². The van der Waals surface area contributed by atoms with E-state index in [1.807, 2.05) is 0 Å². The quantitative estimate of drug-likeness (QED) is 0.0263. The molecule has 0 N–H and O–H groups in total. The van der Waals surface area contributed by atoms with Crippen molar-refractivity contribution in [2.24, 2.45) is 0 Å². The van der Waals surface area contributed by atoms with Gasteiger partial charge in [-0.05, 0) is 151 Å². The van der Waals surface area contributed by atoms with Crippen molar-refractivity contribution in [2.45, 2.75) is 132 Å². The fraction of sp³-hybridized carbons (Fsp3) is 0.245. The van der Waals surface area contributed by atoms with Crippen molar-refractivity contribution in [2.75, 3.05) is 26.2 Å². The molecule has 4 nitrogen and oxygen atoms in total. The second-order valence-electron chi connectivity index (χ2n) is 27.1. The van der Waals surface area contributed by atoms with Gasteiger partial charge < -0.3 is 43.8 Å². The Kier molecular flexibility index (Phi) is 48.2. The standard InChI is InChI=1S/4C18H15P.2C10H20N2.C6H14.2ClH.2Rh/c4*1-4-10-16(11-5-1)19(17-12-6-2-7-13-17)18-14-8-3-9-15-18;2*1-9(2)11-6-5-7-12(8-11)10(3)4;1-3-5-6-4-2;;;;/h4*1-15H;2*9-10H,5-7H2,1-4H3;3-6H2,1-2H3;2*1H;;/p-2. The van der Waals surface area contributed by atoms with Crippen LogP contribution in [0.4, 0.5) is 0 Å². The average Bonchev–Trinajstić information content (AvgIpc) is 0.836. The van der Waals surface area contributed by atoms with Crippen LogP contribution < -0.4 is 88.5 Å². The van der Waals surface area contributed by atoms with Crippen LogP contribution in [0.1, 0.15) is 108 Å². The molecule has 580 valence electrons. The number of hydrogen-bond donors (Lipinski definition) is 0. The van der Waals surface area contributed by atoms with Crippen LogP contribution >= 0.6 is 31.7 Å². The van der Waals surface area contributed by atoms with Crippen LogP contribution in [0.2, 0.25) is 0 Å². The number of unbranched alkanes of at least 4 members (excludes halogenated alkanes) is 3. The molecule has 12 aromatic carbocycles. The zero-order valence-corrected chi connectivity index (χ0v) is 74.4. The zero-order chi connectivity index (χ0) is 74.8. The van der Waals surface area contributed by atoms with Crippen LogP contribution in [0.15, 0.2) is 364 Å². The largest absolute Gasteiger partial charge is 1.00 e. The predicted octanol–water partition coefficient (Wildman–Crippen LogP) is 13.2. The third-order valence-corrected chi connectivity index (χ3v) is 27.5. The summed E-state index contributed by atoms with van der Waals surface area (Å²) in [7, 11) is -1.78. The van der Waals surface area contributed by atoms with E-state index in [1.165, 1.54) is 128 Å². The first-order valence-corrected chi connectivity index (χ1v) is 43.7. The number of rotatable bonds is 19. The minimum atomic E-state index is -0.446. The van der Waals surface area contributed by atoms with Crippen LogP contribution in [-0.4, -0.2) is 82.0 Å². The Hall–Kier alpha value is -6.87. The van der Waals surface area contributed by atoms with E-state index in [9.17, 15) is 0 Å². The molecular formula is C98H114Cl2N4P4Rh2-2. The maximum atomic E-state index is 3.42. The predicted molar refractivity (Wildman–Crippen MR) is 474 cm³/mol. The summed E-state index contributed by atoms with van der Waals surface area (Å²) in [5.74, 6) is 0. The second kappa shape index (κ2) is 55.5. The molecule has 110 heavy (non-hydrogen) atoms. The Morgan fingerprint density at radius 1 is 0.255 bits per heavy atom. The topological polar surface area (TPSA) is 12.5 Å². The average molecular weight is 1750 g/mol. The van der Waals surface area contributed by atoms with Crippen molar-refractivity contribution in [1.29, 1.82) is 0 Å². The zero-order valence-electron chi connectivity index (χ0n) is 66.0. The minimum Gasteiger partial charge on any atom is -1.00 e. The van der Waals surface area contributed by atoms with Gasteiger partial charge in [-0.15, -0.1) is 12.7 Å². The molecule has 0 bridgehead atoms. The first-order valence-electron chi connectivity index (χ1n) is 38.3. The Labute approximate surface area is 706 Å². The Morgan fingerprint density at radius 3 is 0.500 bits per heavy atom. The van der Waals surface area contributed by atoms with Crippen LogP contribution in [-0.2, 0) is 39.0 Å². The summed E-state index contributed by atoms with van der Waals surface area (Å²) in [5, 5.41) is 16.8. The number of hydrogen-bond acceptors (Lipinski definition) is 2. The number of nitrogens with zero attached hydrogens (tertiary/aromatic N) is 4. The third-order valence-electron chi connectivity index (χ3n) is 17.7. The second-order valence-corrected chi connectivity index (χ2v) is 36.0. The van der Waals surface area contributed by atoms with Gasteiger partial charge in [0.25, 0.3) is 0 Å². The summed E-state index contributed by atoms with van der Waals surface area (Å²) in [6.07, 6.45) is 14.9. The van der Waals surface area contributed by atoms with E-state index in [4.69, 9.17) is 0 Å². The summed E-state index contributed by atoms with van der Waals surface area (Å²) in [4.78, 5) is 4.59. The Balaban J connectivity index is 0.000000275. The molecule has 0 spiro atoms. The van der Waals surface area contributed by atoms with Crippen molar-refractivity contribution < 1.29 is 72.9 Å². The smallest absolute Gasteiger partial charge is 0.0576 e. The van der Waals surface area contributed by atoms with Crippen molar-refractivity contribution in [3.63, 3.8) is 0 Å². The molecule has 0 fully saturated rings. The van der Waals surface area contributed by atoms with Gasteiger partial charge in [-0.1, -0.05) is 404 Å². The van der Waals surface area contributed by atoms with Crippen LogP contribution in [0, 0.1) is 0 Å². The molecule has 0 unspecified atom stereocenters. The van der Waals surface area contributed by atoms with Gasteiger partial charge in [-0.25, -0.2) is 0 Å². The van der Waals surface area contributed by atoms with Gasteiger partial charge in [-0.3, -0.25) is 0 Å². The normalized spacial score (nSPS) is 11.9. The summed E-state index contributed by atoms with van der Waals surface area (Å²) >= 11 is 0. The van der Waals surface area contributed by atoms with Gasteiger partial charge in [0, 0.05) is 51.8 Å². The monoisotopic (exact) mass is 1750 g/mol.